The van der Waals surface area contributed by atoms with Gasteiger partial charge in [-0.25, -0.2) is 4.98 Å². The third kappa shape index (κ3) is 6.12. The van der Waals surface area contributed by atoms with Gasteiger partial charge >= 0.3 is 0 Å². The molecule has 0 saturated heterocycles. The lowest BCUT2D eigenvalue weighted by atomic mass is 10.0. The molecular weight excluding hydrogens is 486 g/mol. The largest absolute Gasteiger partial charge is 0.364 e. The molecule has 2 amide bonds. The Morgan fingerprint density at radius 2 is 2.00 bits per heavy atom. The zero-order valence-corrected chi connectivity index (χ0v) is 20.4. The second-order valence-electron chi connectivity index (χ2n) is 7.71. The Kier molecular flexibility index (Phi) is 8.62. The number of H-pyrrole nitrogens is 1. The van der Waals surface area contributed by atoms with Crippen molar-refractivity contribution in [2.75, 3.05) is 5.32 Å². The number of hydrogen-bond acceptors (Lipinski definition) is 6. The zero-order chi connectivity index (χ0) is 24.8. The monoisotopic (exact) mass is 510 g/mol. The second kappa shape index (κ2) is 11.4. The van der Waals surface area contributed by atoms with Gasteiger partial charge in [-0.1, -0.05) is 12.1 Å². The molecule has 0 aliphatic carbocycles. The van der Waals surface area contributed by atoms with Crippen LogP contribution in [0.2, 0.25) is 0 Å². The van der Waals surface area contributed by atoms with Crippen molar-refractivity contribution in [3.8, 4) is 11.1 Å². The van der Waals surface area contributed by atoms with Crippen molar-refractivity contribution < 1.29 is 18.5 Å². The van der Waals surface area contributed by atoms with Gasteiger partial charge in [0.15, 0.2) is 0 Å². The Hall–Kier alpha value is -2.98. The highest BCUT2D eigenvalue weighted by atomic mass is 35.5. The van der Waals surface area contributed by atoms with Crippen LogP contribution < -0.4 is 10.6 Å². The lowest BCUT2D eigenvalue weighted by molar-refractivity contribution is -0.118. The average molecular weight is 511 g/mol. The lowest BCUT2D eigenvalue weighted by Gasteiger charge is -2.18. The highest BCUT2D eigenvalue weighted by Gasteiger charge is 2.24. The SMILES string of the molecule is CCc1n[nH]c(C)c1-c1ccc(NC(=O)C(CCCC(Cl)Cl)NC(=O)c2conc2C)nc1F. The molecule has 0 fully saturated rings. The summed E-state index contributed by atoms with van der Waals surface area (Å²) in [4.78, 5) is 28.8. The first-order valence-electron chi connectivity index (χ1n) is 10.7. The van der Waals surface area contributed by atoms with Crippen LogP contribution >= 0.6 is 23.2 Å². The molecule has 34 heavy (non-hydrogen) atoms. The standard InChI is InChI=1S/C22H25Cl2FN6O3/c1-4-15-19(12(3)29-30-15)13-8-9-18(27-20(13)25)28-22(33)16(6-5-7-17(23)24)26-21(32)14-10-34-31-11(14)2/h8-10,16-17H,4-7H2,1-3H3,(H,26,32)(H,29,30)(H,27,28,33). The molecule has 0 aromatic carbocycles. The number of carbonyl (C=O) groups excluding carboxylic acids is 2. The minimum atomic E-state index is -0.943. The predicted molar refractivity (Wildman–Crippen MR) is 126 cm³/mol. The number of carbonyl (C=O) groups is 2. The maximum Gasteiger partial charge on any atom is 0.257 e. The number of alkyl halides is 2. The van der Waals surface area contributed by atoms with Gasteiger partial charge < -0.3 is 15.2 Å². The molecule has 3 aromatic heterocycles. The molecule has 12 heteroatoms. The number of anilines is 1. The normalized spacial score (nSPS) is 12.1. The Morgan fingerprint density at radius 3 is 2.62 bits per heavy atom. The molecule has 0 aliphatic rings. The van der Waals surface area contributed by atoms with Crippen molar-refractivity contribution >= 4 is 40.8 Å². The van der Waals surface area contributed by atoms with Gasteiger partial charge in [-0.05, 0) is 51.7 Å². The molecule has 1 unspecified atom stereocenters. The molecule has 0 saturated carbocycles. The maximum atomic E-state index is 14.9. The fourth-order valence-electron chi connectivity index (χ4n) is 3.49. The predicted octanol–water partition coefficient (Wildman–Crippen LogP) is 4.49. The van der Waals surface area contributed by atoms with Crippen molar-refractivity contribution in [3.05, 3.63) is 47.0 Å². The van der Waals surface area contributed by atoms with Gasteiger partial charge in [-0.2, -0.15) is 9.49 Å². The van der Waals surface area contributed by atoms with E-state index < -0.39 is 28.6 Å². The van der Waals surface area contributed by atoms with E-state index in [1.807, 2.05) is 6.92 Å². The van der Waals surface area contributed by atoms with E-state index >= 15 is 0 Å². The molecule has 3 N–H and O–H groups in total. The number of aromatic amines is 1. The van der Waals surface area contributed by atoms with Gasteiger partial charge in [0, 0.05) is 16.8 Å². The summed E-state index contributed by atoms with van der Waals surface area (Å²) in [5.74, 6) is -1.82. The van der Waals surface area contributed by atoms with E-state index in [1.165, 1.54) is 18.4 Å². The van der Waals surface area contributed by atoms with Crippen LogP contribution in [0.1, 0.15) is 53.6 Å². The van der Waals surface area contributed by atoms with Crippen LogP contribution in [0.3, 0.4) is 0 Å². The molecule has 3 heterocycles. The summed E-state index contributed by atoms with van der Waals surface area (Å²) in [5, 5.41) is 15.9. The molecule has 3 aromatic rings. The van der Waals surface area contributed by atoms with Gasteiger partial charge in [0.05, 0.1) is 11.4 Å². The molecular formula is C22H25Cl2FN6O3. The molecule has 0 aliphatic heterocycles. The van der Waals surface area contributed by atoms with Gasteiger partial charge in [0.25, 0.3) is 5.91 Å². The summed E-state index contributed by atoms with van der Waals surface area (Å²) < 4.78 is 19.7. The third-order valence-electron chi connectivity index (χ3n) is 5.26. The van der Waals surface area contributed by atoms with E-state index in [2.05, 4.69) is 31.0 Å². The Labute approximate surface area is 205 Å². The second-order valence-corrected chi connectivity index (χ2v) is 8.99. The van der Waals surface area contributed by atoms with E-state index in [-0.39, 0.29) is 23.4 Å². The van der Waals surface area contributed by atoms with Gasteiger partial charge in [0.2, 0.25) is 11.9 Å². The minimum Gasteiger partial charge on any atom is -0.364 e. The fraction of sp³-hybridized carbons (Fsp3) is 0.409. The van der Waals surface area contributed by atoms with Crippen LogP contribution in [0.25, 0.3) is 11.1 Å². The summed E-state index contributed by atoms with van der Waals surface area (Å²) >= 11 is 11.6. The topological polar surface area (TPSA) is 126 Å². The Morgan fingerprint density at radius 1 is 1.24 bits per heavy atom. The smallest absolute Gasteiger partial charge is 0.257 e. The number of rotatable bonds is 10. The molecule has 0 spiro atoms. The van der Waals surface area contributed by atoms with Crippen LogP contribution in [0.15, 0.2) is 22.9 Å². The number of amides is 2. The summed E-state index contributed by atoms with van der Waals surface area (Å²) in [6, 6.07) is 2.09. The quantitative estimate of drug-likeness (QED) is 0.272. The highest BCUT2D eigenvalue weighted by molar-refractivity contribution is 6.44. The summed E-state index contributed by atoms with van der Waals surface area (Å²) in [6.07, 6.45) is 2.98. The first-order chi connectivity index (χ1) is 16.2. The van der Waals surface area contributed by atoms with Crippen molar-refractivity contribution in [1.82, 2.24) is 25.7 Å². The molecule has 182 valence electrons. The molecule has 0 radical (unpaired) electrons. The third-order valence-corrected chi connectivity index (χ3v) is 5.69. The van der Waals surface area contributed by atoms with Gasteiger partial charge in [0.1, 0.15) is 28.5 Å². The summed E-state index contributed by atoms with van der Waals surface area (Å²) in [6.45, 7) is 5.33. The Bertz CT molecular complexity index is 1160. The minimum absolute atomic E-state index is 0.0124. The number of halogens is 3. The number of nitrogens with one attached hydrogen (secondary N) is 3. The number of aromatic nitrogens is 4. The van der Waals surface area contributed by atoms with Crippen molar-refractivity contribution in [3.63, 3.8) is 0 Å². The van der Waals surface area contributed by atoms with Crippen LogP contribution in [0.5, 0.6) is 0 Å². The number of aryl methyl sites for hydroxylation is 3. The Balaban J connectivity index is 1.77. The highest BCUT2D eigenvalue weighted by Crippen LogP contribution is 2.28. The number of pyridine rings is 1. The first kappa shape index (κ1) is 25.6. The van der Waals surface area contributed by atoms with Crippen LogP contribution in [-0.2, 0) is 11.2 Å². The summed E-state index contributed by atoms with van der Waals surface area (Å²) in [5.41, 5.74) is 2.97. The average Bonchev–Trinajstić information content (AvgIpc) is 3.38. The van der Waals surface area contributed by atoms with E-state index in [4.69, 9.17) is 27.7 Å². The van der Waals surface area contributed by atoms with E-state index in [9.17, 15) is 14.0 Å². The first-order valence-corrected chi connectivity index (χ1v) is 11.6. The molecule has 9 nitrogen and oxygen atoms in total. The molecule has 0 bridgehead atoms. The van der Waals surface area contributed by atoms with E-state index in [0.29, 0.717) is 30.5 Å². The summed E-state index contributed by atoms with van der Waals surface area (Å²) in [7, 11) is 0. The van der Waals surface area contributed by atoms with Crippen molar-refractivity contribution in [1.29, 1.82) is 0 Å². The molecule has 3 rings (SSSR count). The fourth-order valence-corrected chi connectivity index (χ4v) is 3.80. The van der Waals surface area contributed by atoms with Gasteiger partial charge in [-0.3, -0.25) is 14.7 Å². The number of nitrogens with zero attached hydrogens (tertiary/aromatic N) is 3. The van der Waals surface area contributed by atoms with Crippen LogP contribution in [0, 0.1) is 19.8 Å². The molecule has 1 atom stereocenters. The number of hydrogen-bond donors (Lipinski definition) is 3. The lowest BCUT2D eigenvalue weighted by Crippen LogP contribution is -2.44. The zero-order valence-electron chi connectivity index (χ0n) is 18.9. The maximum absolute atomic E-state index is 14.9. The van der Waals surface area contributed by atoms with Gasteiger partial charge in [-0.15, -0.1) is 23.2 Å². The van der Waals surface area contributed by atoms with E-state index in [1.54, 1.807) is 13.8 Å². The van der Waals surface area contributed by atoms with Crippen LogP contribution in [0.4, 0.5) is 10.2 Å². The van der Waals surface area contributed by atoms with E-state index in [0.717, 1.165) is 11.4 Å². The van der Waals surface area contributed by atoms with Crippen molar-refractivity contribution in [2.24, 2.45) is 0 Å². The van der Waals surface area contributed by atoms with Crippen molar-refractivity contribution in [2.45, 2.75) is 57.3 Å². The van der Waals surface area contributed by atoms with Crippen LogP contribution in [-0.4, -0.2) is 43.0 Å².